The summed E-state index contributed by atoms with van der Waals surface area (Å²) >= 11 is 0. The van der Waals surface area contributed by atoms with Gasteiger partial charge in [-0.1, -0.05) is 30.3 Å². The Morgan fingerprint density at radius 2 is 2.05 bits per heavy atom. The summed E-state index contributed by atoms with van der Waals surface area (Å²) in [4.78, 5) is 12.2. The average Bonchev–Trinajstić information content (AvgIpc) is 2.97. The number of hydrogen-bond donors (Lipinski definition) is 2. The number of amides is 1. The van der Waals surface area contributed by atoms with Crippen LogP contribution in [0, 0.1) is 0 Å². The number of rotatable bonds is 6. The van der Waals surface area contributed by atoms with Crippen LogP contribution in [0.15, 0.2) is 48.8 Å². The highest BCUT2D eigenvalue weighted by atomic mass is 35.5. The van der Waals surface area contributed by atoms with Gasteiger partial charge in [0.05, 0.1) is 0 Å². The largest absolute Gasteiger partial charge is 0.354 e. The molecule has 0 aliphatic carbocycles. The molecule has 0 fully saturated rings. The van der Waals surface area contributed by atoms with Crippen LogP contribution in [0.1, 0.15) is 18.9 Å². The van der Waals surface area contributed by atoms with Crippen LogP contribution in [0.5, 0.6) is 0 Å². The predicted octanol–water partition coefficient (Wildman–Crippen LogP) is 1.69. The molecule has 1 aromatic heterocycles. The van der Waals surface area contributed by atoms with Crippen molar-refractivity contribution in [1.82, 2.24) is 15.1 Å². The Morgan fingerprint density at radius 3 is 2.67 bits per heavy atom. The fourth-order valence-corrected chi connectivity index (χ4v) is 1.97. The van der Waals surface area contributed by atoms with E-state index in [-0.39, 0.29) is 18.3 Å². The zero-order valence-corrected chi connectivity index (χ0v) is 12.8. The zero-order valence-electron chi connectivity index (χ0n) is 12.0. The molecule has 1 amide bonds. The number of benzene rings is 1. The molecule has 114 valence electrons. The number of nitrogens with one attached hydrogen (secondary N) is 1. The molecule has 2 rings (SSSR count). The molecule has 6 heteroatoms. The van der Waals surface area contributed by atoms with Crippen LogP contribution in [-0.2, 0) is 16.9 Å². The molecule has 0 aliphatic heterocycles. The van der Waals surface area contributed by atoms with Gasteiger partial charge in [-0.3, -0.25) is 9.48 Å². The van der Waals surface area contributed by atoms with Gasteiger partial charge >= 0.3 is 0 Å². The van der Waals surface area contributed by atoms with E-state index < -0.39 is 5.54 Å². The highest BCUT2D eigenvalue weighted by Crippen LogP contribution is 2.17. The van der Waals surface area contributed by atoms with Gasteiger partial charge in [-0.15, -0.1) is 12.4 Å². The van der Waals surface area contributed by atoms with E-state index in [2.05, 4.69) is 10.4 Å². The topological polar surface area (TPSA) is 72.9 Å². The van der Waals surface area contributed by atoms with Gasteiger partial charge in [-0.2, -0.15) is 5.10 Å². The Balaban J connectivity index is 0.00000220. The number of halogens is 1. The maximum absolute atomic E-state index is 12.2. The Morgan fingerprint density at radius 1 is 1.33 bits per heavy atom. The first-order valence-corrected chi connectivity index (χ1v) is 6.71. The summed E-state index contributed by atoms with van der Waals surface area (Å²) in [6.07, 6.45) is 4.46. The molecule has 0 spiro atoms. The van der Waals surface area contributed by atoms with E-state index in [1.165, 1.54) is 0 Å². The molecule has 0 bridgehead atoms. The van der Waals surface area contributed by atoms with E-state index in [4.69, 9.17) is 5.73 Å². The first kappa shape index (κ1) is 17.2. The van der Waals surface area contributed by atoms with Crippen LogP contribution in [0.2, 0.25) is 0 Å². The van der Waals surface area contributed by atoms with Crippen LogP contribution in [0.3, 0.4) is 0 Å². The second kappa shape index (κ2) is 7.81. The summed E-state index contributed by atoms with van der Waals surface area (Å²) in [5.41, 5.74) is 5.93. The van der Waals surface area contributed by atoms with Crippen LogP contribution in [-0.4, -0.2) is 22.2 Å². The van der Waals surface area contributed by atoms with E-state index in [0.29, 0.717) is 6.54 Å². The predicted molar refractivity (Wildman–Crippen MR) is 85.1 cm³/mol. The molecular formula is C15H21ClN4O. The SMILES string of the molecule is CC(N)(C(=O)NCCCn1cccn1)c1ccccc1.Cl. The lowest BCUT2D eigenvalue weighted by atomic mass is 9.92. The smallest absolute Gasteiger partial charge is 0.244 e. The monoisotopic (exact) mass is 308 g/mol. The third-order valence-corrected chi connectivity index (χ3v) is 3.25. The molecule has 0 radical (unpaired) electrons. The molecule has 0 aliphatic rings. The first-order valence-electron chi connectivity index (χ1n) is 6.71. The summed E-state index contributed by atoms with van der Waals surface area (Å²) in [7, 11) is 0. The minimum Gasteiger partial charge on any atom is -0.354 e. The lowest BCUT2D eigenvalue weighted by Crippen LogP contribution is -2.49. The van der Waals surface area contributed by atoms with Crippen LogP contribution in [0.25, 0.3) is 0 Å². The Hall–Kier alpha value is -1.85. The van der Waals surface area contributed by atoms with Crippen molar-refractivity contribution in [3.8, 4) is 0 Å². The van der Waals surface area contributed by atoms with Crippen LogP contribution < -0.4 is 11.1 Å². The molecule has 0 saturated carbocycles. The lowest BCUT2D eigenvalue weighted by Gasteiger charge is -2.24. The fourth-order valence-electron chi connectivity index (χ4n) is 1.97. The molecule has 1 aromatic carbocycles. The van der Waals surface area contributed by atoms with Gasteiger partial charge in [0.1, 0.15) is 5.54 Å². The highest BCUT2D eigenvalue weighted by Gasteiger charge is 2.29. The second-order valence-corrected chi connectivity index (χ2v) is 4.95. The van der Waals surface area contributed by atoms with E-state index >= 15 is 0 Å². The van der Waals surface area contributed by atoms with Gasteiger partial charge < -0.3 is 11.1 Å². The van der Waals surface area contributed by atoms with Crippen molar-refractivity contribution in [2.75, 3.05) is 6.54 Å². The molecule has 3 N–H and O–H groups in total. The molecular weight excluding hydrogens is 288 g/mol. The van der Waals surface area contributed by atoms with Crippen molar-refractivity contribution in [3.63, 3.8) is 0 Å². The molecule has 5 nitrogen and oxygen atoms in total. The Labute approximate surface area is 130 Å². The second-order valence-electron chi connectivity index (χ2n) is 4.95. The number of aromatic nitrogens is 2. The summed E-state index contributed by atoms with van der Waals surface area (Å²) in [5, 5.41) is 6.99. The lowest BCUT2D eigenvalue weighted by molar-refractivity contribution is -0.126. The fraction of sp³-hybridized carbons (Fsp3) is 0.333. The Kier molecular flexibility index (Phi) is 6.39. The maximum atomic E-state index is 12.2. The average molecular weight is 309 g/mol. The quantitative estimate of drug-likeness (QED) is 0.798. The van der Waals surface area contributed by atoms with Gasteiger partial charge in [-0.25, -0.2) is 0 Å². The number of aryl methyl sites for hydroxylation is 1. The highest BCUT2D eigenvalue weighted by molar-refractivity contribution is 5.86. The Bertz CT molecular complexity index is 540. The van der Waals surface area contributed by atoms with Crippen molar-refractivity contribution < 1.29 is 4.79 Å². The summed E-state index contributed by atoms with van der Waals surface area (Å²) in [5.74, 6) is -0.163. The minimum atomic E-state index is -1.01. The summed E-state index contributed by atoms with van der Waals surface area (Å²) in [6.45, 7) is 3.09. The van der Waals surface area contributed by atoms with Gasteiger partial charge in [-0.05, 0) is 25.0 Å². The number of nitrogens with two attached hydrogens (primary N) is 1. The van der Waals surface area contributed by atoms with Crippen molar-refractivity contribution in [1.29, 1.82) is 0 Å². The standard InChI is InChI=1S/C15H20N4O.ClH/c1-15(16,13-7-3-2-4-8-13)14(20)17-9-5-11-19-12-6-10-18-19;/h2-4,6-8,10,12H,5,9,11,16H2,1H3,(H,17,20);1H. The normalized spacial score (nSPS) is 13.0. The van der Waals surface area contributed by atoms with Crippen LogP contribution >= 0.6 is 12.4 Å². The minimum absolute atomic E-state index is 0. The third-order valence-electron chi connectivity index (χ3n) is 3.25. The van der Waals surface area contributed by atoms with Crippen molar-refractivity contribution in [2.45, 2.75) is 25.4 Å². The van der Waals surface area contributed by atoms with Crippen molar-refractivity contribution in [2.24, 2.45) is 5.73 Å². The number of carbonyl (C=O) groups excluding carboxylic acids is 1. The molecule has 1 unspecified atom stereocenters. The van der Waals surface area contributed by atoms with Crippen molar-refractivity contribution >= 4 is 18.3 Å². The van der Waals surface area contributed by atoms with E-state index in [0.717, 1.165) is 18.5 Å². The number of nitrogens with zero attached hydrogens (tertiary/aromatic N) is 2. The maximum Gasteiger partial charge on any atom is 0.244 e. The molecule has 2 aromatic rings. The van der Waals surface area contributed by atoms with E-state index in [9.17, 15) is 4.79 Å². The van der Waals surface area contributed by atoms with Crippen molar-refractivity contribution in [3.05, 3.63) is 54.4 Å². The van der Waals surface area contributed by atoms with E-state index in [1.807, 2.05) is 47.3 Å². The molecule has 21 heavy (non-hydrogen) atoms. The molecule has 1 atom stereocenters. The third kappa shape index (κ3) is 4.58. The van der Waals surface area contributed by atoms with Gasteiger partial charge in [0, 0.05) is 25.5 Å². The van der Waals surface area contributed by atoms with Gasteiger partial charge in [0.15, 0.2) is 0 Å². The summed E-state index contributed by atoms with van der Waals surface area (Å²) in [6, 6.07) is 11.3. The first-order chi connectivity index (χ1) is 9.60. The number of carbonyl (C=O) groups is 1. The molecule has 0 saturated heterocycles. The zero-order chi connectivity index (χ0) is 14.4. The van der Waals surface area contributed by atoms with E-state index in [1.54, 1.807) is 13.1 Å². The van der Waals surface area contributed by atoms with Gasteiger partial charge in [0.25, 0.3) is 0 Å². The number of hydrogen-bond acceptors (Lipinski definition) is 3. The molecule has 1 heterocycles. The van der Waals surface area contributed by atoms with Crippen LogP contribution in [0.4, 0.5) is 0 Å². The summed E-state index contributed by atoms with van der Waals surface area (Å²) < 4.78 is 1.84. The van der Waals surface area contributed by atoms with Gasteiger partial charge in [0.2, 0.25) is 5.91 Å².